The maximum atomic E-state index is 12.1. The number of nitrogens with one attached hydrogen (secondary N) is 2. The lowest BCUT2D eigenvalue weighted by atomic mass is 10.1. The Morgan fingerprint density at radius 3 is 2.62 bits per heavy atom. The van der Waals surface area contributed by atoms with Gasteiger partial charge >= 0.3 is 12.0 Å². The molecule has 0 unspecified atom stereocenters. The summed E-state index contributed by atoms with van der Waals surface area (Å²) in [7, 11) is 1.48. The van der Waals surface area contributed by atoms with Gasteiger partial charge in [-0.3, -0.25) is 14.9 Å². The SMILES string of the molecule is COc1ccc(Cl)cc1CC(=O)O[C@@H](C)C(=O)NC(=O)NC1CCCC1. The molecule has 0 spiro atoms. The van der Waals surface area contributed by atoms with Crippen molar-refractivity contribution in [2.75, 3.05) is 7.11 Å². The van der Waals surface area contributed by atoms with Gasteiger partial charge in [0.1, 0.15) is 5.75 Å². The Kier molecular flexibility index (Phi) is 7.26. The van der Waals surface area contributed by atoms with E-state index < -0.39 is 24.0 Å². The zero-order chi connectivity index (χ0) is 19.1. The second kappa shape index (κ2) is 9.43. The fourth-order valence-electron chi connectivity index (χ4n) is 2.84. The molecule has 2 N–H and O–H groups in total. The highest BCUT2D eigenvalue weighted by molar-refractivity contribution is 6.30. The van der Waals surface area contributed by atoms with Crippen molar-refractivity contribution in [3.8, 4) is 5.75 Å². The molecule has 0 aromatic heterocycles. The standard InChI is InChI=1S/C18H23ClN2O5/c1-11(17(23)21-18(24)20-14-5-3-4-6-14)26-16(22)10-12-9-13(19)7-8-15(12)25-2/h7-9,11,14H,3-6,10H2,1-2H3,(H2,20,21,23,24)/t11-/m0/s1. The molecule has 0 saturated heterocycles. The third kappa shape index (κ3) is 5.91. The Balaban J connectivity index is 1.83. The molecule has 1 saturated carbocycles. The van der Waals surface area contributed by atoms with E-state index in [-0.39, 0.29) is 12.5 Å². The lowest BCUT2D eigenvalue weighted by Gasteiger charge is -2.16. The lowest BCUT2D eigenvalue weighted by Crippen LogP contribution is -2.47. The number of benzene rings is 1. The molecule has 0 aliphatic heterocycles. The van der Waals surface area contributed by atoms with Gasteiger partial charge in [-0.05, 0) is 38.0 Å². The summed E-state index contributed by atoms with van der Waals surface area (Å²) in [5.74, 6) is -0.796. The molecule has 7 nitrogen and oxygen atoms in total. The lowest BCUT2D eigenvalue weighted by molar-refractivity contribution is -0.153. The molecule has 1 aromatic carbocycles. The number of rotatable bonds is 6. The molecule has 8 heteroatoms. The molecule has 1 aromatic rings. The highest BCUT2D eigenvalue weighted by Gasteiger charge is 2.23. The summed E-state index contributed by atoms with van der Waals surface area (Å²) in [6, 6.07) is 4.42. The highest BCUT2D eigenvalue weighted by atomic mass is 35.5. The zero-order valence-electron chi connectivity index (χ0n) is 14.8. The molecule has 1 aliphatic carbocycles. The van der Waals surface area contributed by atoms with Gasteiger partial charge in [0.15, 0.2) is 6.10 Å². The van der Waals surface area contributed by atoms with Crippen LogP contribution in [0.5, 0.6) is 5.75 Å². The number of ether oxygens (including phenoxy) is 2. The second-order valence-electron chi connectivity index (χ2n) is 6.21. The van der Waals surface area contributed by atoms with Crippen molar-refractivity contribution in [2.24, 2.45) is 0 Å². The maximum absolute atomic E-state index is 12.1. The normalized spacial score (nSPS) is 15.2. The van der Waals surface area contributed by atoms with Gasteiger partial charge in [-0.15, -0.1) is 0 Å². The summed E-state index contributed by atoms with van der Waals surface area (Å²) in [6.45, 7) is 1.41. The van der Waals surface area contributed by atoms with Crippen molar-refractivity contribution in [3.63, 3.8) is 0 Å². The van der Waals surface area contributed by atoms with E-state index in [1.165, 1.54) is 14.0 Å². The molecule has 3 amide bonds. The van der Waals surface area contributed by atoms with Gasteiger partial charge in [0, 0.05) is 16.6 Å². The summed E-state index contributed by atoms with van der Waals surface area (Å²) in [6.07, 6.45) is 2.76. The summed E-state index contributed by atoms with van der Waals surface area (Å²) in [5, 5.41) is 5.39. The molecule has 2 rings (SSSR count). The van der Waals surface area contributed by atoms with Crippen LogP contribution in [0.1, 0.15) is 38.2 Å². The Morgan fingerprint density at radius 1 is 1.27 bits per heavy atom. The van der Waals surface area contributed by atoms with E-state index in [1.54, 1.807) is 18.2 Å². The number of carbonyl (C=O) groups excluding carboxylic acids is 3. The molecule has 1 aliphatic rings. The first kappa shape index (κ1) is 20.0. The van der Waals surface area contributed by atoms with E-state index in [4.69, 9.17) is 21.1 Å². The quantitative estimate of drug-likeness (QED) is 0.737. The third-order valence-corrected chi connectivity index (χ3v) is 4.42. The van der Waals surface area contributed by atoms with Crippen LogP contribution >= 0.6 is 11.6 Å². The molecule has 0 radical (unpaired) electrons. The van der Waals surface area contributed by atoms with E-state index in [0.717, 1.165) is 25.7 Å². The van der Waals surface area contributed by atoms with Crippen LogP contribution < -0.4 is 15.4 Å². The largest absolute Gasteiger partial charge is 0.496 e. The number of methoxy groups -OCH3 is 1. The van der Waals surface area contributed by atoms with Gasteiger partial charge < -0.3 is 14.8 Å². The fraction of sp³-hybridized carbons (Fsp3) is 0.500. The number of urea groups is 1. The van der Waals surface area contributed by atoms with Gasteiger partial charge in [-0.1, -0.05) is 24.4 Å². The molecular formula is C18H23ClN2O5. The molecular weight excluding hydrogens is 360 g/mol. The fourth-order valence-corrected chi connectivity index (χ4v) is 3.03. The first-order chi connectivity index (χ1) is 12.4. The third-order valence-electron chi connectivity index (χ3n) is 4.18. The summed E-state index contributed by atoms with van der Waals surface area (Å²) < 4.78 is 10.3. The Morgan fingerprint density at radius 2 is 1.96 bits per heavy atom. The van der Waals surface area contributed by atoms with Crippen molar-refractivity contribution < 1.29 is 23.9 Å². The number of esters is 1. The average Bonchev–Trinajstić information content (AvgIpc) is 3.07. The number of hydrogen-bond acceptors (Lipinski definition) is 5. The van der Waals surface area contributed by atoms with Crippen molar-refractivity contribution in [3.05, 3.63) is 28.8 Å². The first-order valence-electron chi connectivity index (χ1n) is 8.52. The minimum Gasteiger partial charge on any atom is -0.496 e. The number of halogens is 1. The first-order valence-corrected chi connectivity index (χ1v) is 8.90. The predicted octanol–water partition coefficient (Wildman–Crippen LogP) is 2.59. The molecule has 1 fully saturated rings. The monoisotopic (exact) mass is 382 g/mol. The van der Waals surface area contributed by atoms with Crippen molar-refractivity contribution in [1.82, 2.24) is 10.6 Å². The van der Waals surface area contributed by atoms with Crippen LogP contribution in [0.15, 0.2) is 18.2 Å². The number of imide groups is 1. The molecule has 26 heavy (non-hydrogen) atoms. The van der Waals surface area contributed by atoms with Crippen LogP contribution in [0.3, 0.4) is 0 Å². The van der Waals surface area contributed by atoms with E-state index >= 15 is 0 Å². The molecule has 0 bridgehead atoms. The number of hydrogen-bond donors (Lipinski definition) is 2. The van der Waals surface area contributed by atoms with Crippen LogP contribution in [-0.4, -0.2) is 37.2 Å². The number of amides is 3. The van der Waals surface area contributed by atoms with Crippen molar-refractivity contribution in [1.29, 1.82) is 0 Å². The summed E-state index contributed by atoms with van der Waals surface area (Å²) in [5.41, 5.74) is 0.552. The molecule has 1 atom stereocenters. The van der Waals surface area contributed by atoms with E-state index in [2.05, 4.69) is 10.6 Å². The minimum atomic E-state index is -1.10. The number of carbonyl (C=O) groups is 3. The van der Waals surface area contributed by atoms with Crippen LogP contribution in [0.4, 0.5) is 4.79 Å². The summed E-state index contributed by atoms with van der Waals surface area (Å²) in [4.78, 5) is 35.9. The Labute approximate surface area is 157 Å². The Bertz CT molecular complexity index is 674. The maximum Gasteiger partial charge on any atom is 0.321 e. The van der Waals surface area contributed by atoms with Crippen LogP contribution in [0, 0.1) is 0 Å². The van der Waals surface area contributed by atoms with Gasteiger partial charge in [-0.2, -0.15) is 0 Å². The van der Waals surface area contributed by atoms with E-state index in [9.17, 15) is 14.4 Å². The smallest absolute Gasteiger partial charge is 0.321 e. The average molecular weight is 383 g/mol. The second-order valence-corrected chi connectivity index (χ2v) is 6.65. The van der Waals surface area contributed by atoms with Gasteiger partial charge in [0.05, 0.1) is 13.5 Å². The van der Waals surface area contributed by atoms with Crippen molar-refractivity contribution in [2.45, 2.75) is 51.2 Å². The van der Waals surface area contributed by atoms with Crippen LogP contribution in [-0.2, 0) is 20.7 Å². The van der Waals surface area contributed by atoms with E-state index in [0.29, 0.717) is 16.3 Å². The predicted molar refractivity (Wildman–Crippen MR) is 96.2 cm³/mol. The molecule has 0 heterocycles. The minimum absolute atomic E-state index is 0.0935. The van der Waals surface area contributed by atoms with Crippen LogP contribution in [0.25, 0.3) is 0 Å². The van der Waals surface area contributed by atoms with E-state index in [1.807, 2.05) is 0 Å². The Hall–Kier alpha value is -2.28. The zero-order valence-corrected chi connectivity index (χ0v) is 15.6. The van der Waals surface area contributed by atoms with Gasteiger partial charge in [-0.25, -0.2) is 4.79 Å². The van der Waals surface area contributed by atoms with Gasteiger partial charge in [0.25, 0.3) is 5.91 Å². The van der Waals surface area contributed by atoms with Crippen molar-refractivity contribution >= 4 is 29.5 Å². The molecule has 142 valence electrons. The summed E-state index contributed by atoms with van der Waals surface area (Å²) >= 11 is 5.92. The van der Waals surface area contributed by atoms with Gasteiger partial charge in [0.2, 0.25) is 0 Å². The highest BCUT2D eigenvalue weighted by Crippen LogP contribution is 2.23. The van der Waals surface area contributed by atoms with Crippen LogP contribution in [0.2, 0.25) is 5.02 Å². The topological polar surface area (TPSA) is 93.7 Å².